The third kappa shape index (κ3) is 5.20. The number of aryl methyl sites for hydroxylation is 1. The van der Waals surface area contributed by atoms with Crippen molar-refractivity contribution in [2.24, 2.45) is 0 Å². The van der Waals surface area contributed by atoms with Crippen molar-refractivity contribution < 1.29 is 14.0 Å². The van der Waals surface area contributed by atoms with Crippen molar-refractivity contribution in [3.8, 4) is 11.5 Å². The largest absolute Gasteiger partial charge is 0.493 e. The molecule has 6 nitrogen and oxygen atoms in total. The molecular weight excluding hydrogens is 306 g/mol. The Kier molecular flexibility index (Phi) is 7.70. The van der Waals surface area contributed by atoms with Gasteiger partial charge in [-0.3, -0.25) is 0 Å². The van der Waals surface area contributed by atoms with Crippen molar-refractivity contribution in [3.05, 3.63) is 35.5 Å². The lowest BCUT2D eigenvalue weighted by Gasteiger charge is -2.11. The molecule has 0 aliphatic heterocycles. The zero-order valence-corrected chi connectivity index (χ0v) is 13.9. The van der Waals surface area contributed by atoms with Gasteiger partial charge in [-0.2, -0.15) is 4.98 Å². The van der Waals surface area contributed by atoms with E-state index < -0.39 is 0 Å². The third-order valence-corrected chi connectivity index (χ3v) is 2.90. The lowest BCUT2D eigenvalue weighted by molar-refractivity contribution is 0.233. The van der Waals surface area contributed by atoms with Gasteiger partial charge >= 0.3 is 0 Å². The van der Waals surface area contributed by atoms with Gasteiger partial charge in [0, 0.05) is 6.54 Å². The Morgan fingerprint density at radius 3 is 2.73 bits per heavy atom. The van der Waals surface area contributed by atoms with Gasteiger partial charge in [0.2, 0.25) is 0 Å². The molecule has 0 fully saturated rings. The number of nitrogens with one attached hydrogen (secondary N) is 1. The van der Waals surface area contributed by atoms with Gasteiger partial charge in [-0.05, 0) is 37.6 Å². The Morgan fingerprint density at radius 1 is 1.27 bits per heavy atom. The van der Waals surface area contributed by atoms with Crippen LogP contribution in [-0.4, -0.2) is 23.8 Å². The molecular formula is C15H22ClN3O3. The van der Waals surface area contributed by atoms with Crippen LogP contribution in [0.2, 0.25) is 0 Å². The van der Waals surface area contributed by atoms with Gasteiger partial charge < -0.3 is 19.3 Å². The summed E-state index contributed by atoms with van der Waals surface area (Å²) >= 11 is 0. The molecule has 0 saturated heterocycles. The van der Waals surface area contributed by atoms with E-state index in [0.29, 0.717) is 23.2 Å². The Labute approximate surface area is 136 Å². The summed E-state index contributed by atoms with van der Waals surface area (Å²) in [6.07, 6.45) is 1.11. The van der Waals surface area contributed by atoms with E-state index in [-0.39, 0.29) is 19.0 Å². The predicted octanol–water partition coefficient (Wildman–Crippen LogP) is 2.89. The highest BCUT2D eigenvalue weighted by molar-refractivity contribution is 5.85. The van der Waals surface area contributed by atoms with Crippen LogP contribution >= 0.6 is 12.4 Å². The number of ether oxygens (including phenoxy) is 2. The maximum atomic E-state index is 5.67. The van der Waals surface area contributed by atoms with Crippen molar-refractivity contribution in [1.29, 1.82) is 0 Å². The summed E-state index contributed by atoms with van der Waals surface area (Å²) in [5.41, 5.74) is 1.15. The molecule has 0 bridgehead atoms. The highest BCUT2D eigenvalue weighted by Gasteiger charge is 2.09. The summed E-state index contributed by atoms with van der Waals surface area (Å²) in [7, 11) is 1.63. The molecule has 0 aliphatic rings. The van der Waals surface area contributed by atoms with Crippen molar-refractivity contribution in [2.45, 2.75) is 33.4 Å². The normalized spacial score (nSPS) is 10.1. The fourth-order valence-electron chi connectivity index (χ4n) is 1.89. The number of rotatable bonds is 8. The first kappa shape index (κ1) is 18.3. The van der Waals surface area contributed by atoms with Crippen LogP contribution in [0.3, 0.4) is 0 Å². The fourth-order valence-corrected chi connectivity index (χ4v) is 1.89. The molecule has 0 aliphatic carbocycles. The van der Waals surface area contributed by atoms with Crippen molar-refractivity contribution >= 4 is 12.4 Å². The van der Waals surface area contributed by atoms with E-state index in [2.05, 4.69) is 22.4 Å². The highest BCUT2D eigenvalue weighted by atomic mass is 35.5. The van der Waals surface area contributed by atoms with Crippen LogP contribution < -0.4 is 14.8 Å². The lowest BCUT2D eigenvalue weighted by atomic mass is 10.2. The van der Waals surface area contributed by atoms with Crippen molar-refractivity contribution in [1.82, 2.24) is 15.5 Å². The van der Waals surface area contributed by atoms with E-state index >= 15 is 0 Å². The number of hydrogen-bond donors (Lipinski definition) is 1. The monoisotopic (exact) mass is 327 g/mol. The molecule has 1 N–H and O–H groups in total. The van der Waals surface area contributed by atoms with E-state index in [4.69, 9.17) is 14.0 Å². The Morgan fingerprint density at radius 2 is 2.09 bits per heavy atom. The average Bonchev–Trinajstić information content (AvgIpc) is 2.91. The van der Waals surface area contributed by atoms with Crippen molar-refractivity contribution in [2.75, 3.05) is 13.7 Å². The first-order valence-corrected chi connectivity index (χ1v) is 7.02. The number of methoxy groups -OCH3 is 1. The molecule has 0 atom stereocenters. The molecule has 1 heterocycles. The Balaban J connectivity index is 0.00000242. The number of nitrogens with zero attached hydrogens (tertiary/aromatic N) is 2. The molecule has 0 radical (unpaired) electrons. The zero-order valence-electron chi connectivity index (χ0n) is 13.1. The van der Waals surface area contributed by atoms with Crippen LogP contribution in [0.15, 0.2) is 22.7 Å². The minimum atomic E-state index is 0. The molecule has 2 aromatic rings. The van der Waals surface area contributed by atoms with Crippen LogP contribution in [0, 0.1) is 6.92 Å². The van der Waals surface area contributed by atoms with E-state index in [0.717, 1.165) is 25.1 Å². The number of benzene rings is 1. The topological polar surface area (TPSA) is 69.4 Å². The SMILES string of the molecule is CCCNCc1ccc(OCc2nc(C)no2)c(OC)c1.Cl. The molecule has 22 heavy (non-hydrogen) atoms. The summed E-state index contributed by atoms with van der Waals surface area (Å²) in [6, 6.07) is 5.88. The van der Waals surface area contributed by atoms with E-state index in [1.165, 1.54) is 0 Å². The Bertz CT molecular complexity index is 575. The number of halogens is 1. The van der Waals surface area contributed by atoms with Crippen molar-refractivity contribution in [3.63, 3.8) is 0 Å². The average molecular weight is 328 g/mol. The highest BCUT2D eigenvalue weighted by Crippen LogP contribution is 2.28. The second-order valence-electron chi connectivity index (χ2n) is 4.69. The quantitative estimate of drug-likeness (QED) is 0.752. The van der Waals surface area contributed by atoms with Gasteiger partial charge in [0.15, 0.2) is 23.9 Å². The van der Waals surface area contributed by atoms with Gasteiger partial charge in [-0.1, -0.05) is 18.1 Å². The van der Waals surface area contributed by atoms with Gasteiger partial charge in [0.1, 0.15) is 0 Å². The second-order valence-corrected chi connectivity index (χ2v) is 4.69. The molecule has 2 rings (SSSR count). The summed E-state index contributed by atoms with van der Waals surface area (Å²) in [5.74, 6) is 2.40. The molecule has 1 aromatic heterocycles. The summed E-state index contributed by atoms with van der Waals surface area (Å²) in [6.45, 7) is 5.95. The molecule has 0 amide bonds. The summed E-state index contributed by atoms with van der Waals surface area (Å²) < 4.78 is 16.0. The maximum Gasteiger partial charge on any atom is 0.264 e. The minimum absolute atomic E-state index is 0. The number of hydrogen-bond acceptors (Lipinski definition) is 6. The molecule has 0 saturated carbocycles. The van der Waals surface area contributed by atoms with E-state index in [1.807, 2.05) is 18.2 Å². The van der Waals surface area contributed by atoms with Crippen LogP contribution in [0.5, 0.6) is 11.5 Å². The van der Waals surface area contributed by atoms with E-state index in [9.17, 15) is 0 Å². The Hall–Kier alpha value is -1.79. The third-order valence-electron chi connectivity index (χ3n) is 2.90. The number of aromatic nitrogens is 2. The molecule has 7 heteroatoms. The van der Waals surface area contributed by atoms with Crippen LogP contribution in [0.4, 0.5) is 0 Å². The minimum Gasteiger partial charge on any atom is -0.493 e. The fraction of sp³-hybridized carbons (Fsp3) is 0.467. The van der Waals surface area contributed by atoms with Crippen LogP contribution in [0.25, 0.3) is 0 Å². The lowest BCUT2D eigenvalue weighted by Crippen LogP contribution is -2.13. The smallest absolute Gasteiger partial charge is 0.264 e. The molecule has 122 valence electrons. The van der Waals surface area contributed by atoms with Gasteiger partial charge in [0.25, 0.3) is 5.89 Å². The first-order valence-electron chi connectivity index (χ1n) is 7.02. The summed E-state index contributed by atoms with van der Waals surface area (Å²) in [5, 5.41) is 7.07. The maximum absolute atomic E-state index is 5.67. The second kappa shape index (κ2) is 9.27. The standard InChI is InChI=1S/C15H21N3O3.ClH/c1-4-7-16-9-12-5-6-13(14(8-12)19-3)20-10-15-17-11(2)18-21-15;/h5-6,8,16H,4,7,9-10H2,1-3H3;1H. The zero-order chi connectivity index (χ0) is 15.1. The summed E-state index contributed by atoms with van der Waals surface area (Å²) in [4.78, 5) is 4.10. The van der Waals surface area contributed by atoms with Gasteiger partial charge in [0.05, 0.1) is 7.11 Å². The van der Waals surface area contributed by atoms with Crippen LogP contribution in [-0.2, 0) is 13.2 Å². The first-order chi connectivity index (χ1) is 10.2. The molecule has 0 spiro atoms. The predicted molar refractivity (Wildman–Crippen MR) is 85.6 cm³/mol. The van der Waals surface area contributed by atoms with E-state index in [1.54, 1.807) is 14.0 Å². The van der Waals surface area contributed by atoms with Gasteiger partial charge in [-0.25, -0.2) is 0 Å². The molecule has 0 unspecified atom stereocenters. The van der Waals surface area contributed by atoms with Crippen LogP contribution in [0.1, 0.15) is 30.6 Å². The molecule has 1 aromatic carbocycles. The van der Waals surface area contributed by atoms with Gasteiger partial charge in [-0.15, -0.1) is 12.4 Å².